The van der Waals surface area contributed by atoms with Crippen molar-refractivity contribution in [3.05, 3.63) is 17.1 Å². The Balaban J connectivity index is 2.27. The van der Waals surface area contributed by atoms with Crippen LogP contribution in [0, 0.1) is 13.8 Å². The highest BCUT2D eigenvalue weighted by atomic mass is 32.2. The van der Waals surface area contributed by atoms with Gasteiger partial charge in [-0.05, 0) is 26.7 Å². The van der Waals surface area contributed by atoms with E-state index in [0.29, 0.717) is 42.2 Å². The molecule has 7 heteroatoms. The van der Waals surface area contributed by atoms with Crippen LogP contribution in [-0.2, 0) is 21.3 Å². The van der Waals surface area contributed by atoms with Gasteiger partial charge in [-0.15, -0.1) is 0 Å². The van der Waals surface area contributed by atoms with Crippen LogP contribution >= 0.6 is 0 Å². The Labute approximate surface area is 126 Å². The van der Waals surface area contributed by atoms with E-state index in [0.717, 1.165) is 18.4 Å². The highest BCUT2D eigenvalue weighted by Gasteiger charge is 2.31. The fourth-order valence-corrected chi connectivity index (χ4v) is 3.84. The molecule has 0 unspecified atom stereocenters. The molecule has 0 amide bonds. The summed E-state index contributed by atoms with van der Waals surface area (Å²) in [5.74, 6) is 1.11. The monoisotopic (exact) mass is 316 g/mol. The van der Waals surface area contributed by atoms with Crippen molar-refractivity contribution in [2.75, 3.05) is 27.3 Å². The van der Waals surface area contributed by atoms with Crippen LogP contribution in [-0.4, -0.2) is 46.1 Å². The summed E-state index contributed by atoms with van der Waals surface area (Å²) in [6.45, 7) is 4.72. The molecule has 1 saturated carbocycles. The molecule has 1 aliphatic carbocycles. The van der Waals surface area contributed by atoms with E-state index in [-0.39, 0.29) is 0 Å². The van der Waals surface area contributed by atoms with E-state index in [1.807, 2.05) is 6.92 Å². The molecule has 21 heavy (non-hydrogen) atoms. The average molecular weight is 316 g/mol. The number of methoxy groups -OCH3 is 1. The van der Waals surface area contributed by atoms with Crippen molar-refractivity contribution in [3.63, 3.8) is 0 Å². The smallest absolute Gasteiger partial charge is 0.246 e. The van der Waals surface area contributed by atoms with E-state index in [9.17, 15) is 8.42 Å². The number of aryl methyl sites for hydroxylation is 2. The van der Waals surface area contributed by atoms with Gasteiger partial charge in [-0.25, -0.2) is 8.42 Å². The fourth-order valence-electron chi connectivity index (χ4n) is 2.28. The summed E-state index contributed by atoms with van der Waals surface area (Å²) >= 11 is 0. The average Bonchev–Trinajstić information content (AvgIpc) is 3.19. The van der Waals surface area contributed by atoms with Gasteiger partial charge in [0.05, 0.1) is 6.61 Å². The molecule has 2 rings (SSSR count). The van der Waals surface area contributed by atoms with Gasteiger partial charge in [-0.1, -0.05) is 0 Å². The van der Waals surface area contributed by atoms with E-state index in [1.165, 1.54) is 4.31 Å². The van der Waals surface area contributed by atoms with E-state index >= 15 is 0 Å². The van der Waals surface area contributed by atoms with Crippen LogP contribution in [0.4, 0.5) is 0 Å². The Morgan fingerprint density at radius 3 is 2.57 bits per heavy atom. The van der Waals surface area contributed by atoms with Crippen molar-refractivity contribution in [1.29, 1.82) is 0 Å². The minimum absolute atomic E-state index is 0.298. The second-order valence-electron chi connectivity index (χ2n) is 5.50. The van der Waals surface area contributed by atoms with Crippen LogP contribution < -0.4 is 5.32 Å². The lowest BCUT2D eigenvalue weighted by molar-refractivity contribution is 0.185. The zero-order chi connectivity index (χ0) is 15.6. The van der Waals surface area contributed by atoms with Gasteiger partial charge in [0.2, 0.25) is 10.0 Å². The minimum atomic E-state index is -3.56. The Kier molecular flexibility index (Phi) is 5.08. The van der Waals surface area contributed by atoms with Gasteiger partial charge in [0.1, 0.15) is 16.4 Å². The molecule has 0 saturated heterocycles. The summed E-state index contributed by atoms with van der Waals surface area (Å²) in [6, 6.07) is 0.515. The zero-order valence-corrected chi connectivity index (χ0v) is 13.9. The van der Waals surface area contributed by atoms with Crippen molar-refractivity contribution in [2.45, 2.75) is 44.2 Å². The SMILES string of the molecule is COCCN(C)S(=O)(=O)c1c(C)oc(C)c1CNC1CC1. The van der Waals surface area contributed by atoms with Gasteiger partial charge in [-0.3, -0.25) is 0 Å². The summed E-state index contributed by atoms with van der Waals surface area (Å²) in [5, 5.41) is 3.35. The summed E-state index contributed by atoms with van der Waals surface area (Å²) in [7, 11) is -0.442. The van der Waals surface area contributed by atoms with Gasteiger partial charge < -0.3 is 14.5 Å². The van der Waals surface area contributed by atoms with Gasteiger partial charge in [-0.2, -0.15) is 4.31 Å². The van der Waals surface area contributed by atoms with Crippen molar-refractivity contribution in [1.82, 2.24) is 9.62 Å². The first-order chi connectivity index (χ1) is 9.87. The number of nitrogens with zero attached hydrogens (tertiary/aromatic N) is 1. The molecule has 0 atom stereocenters. The molecule has 1 aliphatic rings. The van der Waals surface area contributed by atoms with E-state index < -0.39 is 10.0 Å². The largest absolute Gasteiger partial charge is 0.465 e. The first-order valence-corrected chi connectivity index (χ1v) is 8.59. The lowest BCUT2D eigenvalue weighted by atomic mass is 10.2. The summed E-state index contributed by atoms with van der Waals surface area (Å²) < 4.78 is 37.3. The first-order valence-electron chi connectivity index (χ1n) is 7.15. The Bertz CT molecular complexity index is 590. The number of rotatable bonds is 8. The molecule has 1 aromatic rings. The normalized spacial score (nSPS) is 15.9. The molecule has 0 spiro atoms. The number of hydrogen-bond donors (Lipinski definition) is 1. The number of furan rings is 1. The Morgan fingerprint density at radius 1 is 1.33 bits per heavy atom. The molecule has 120 valence electrons. The predicted octanol–water partition coefficient (Wildman–Crippen LogP) is 1.42. The van der Waals surface area contributed by atoms with Crippen LogP contribution in [0.25, 0.3) is 0 Å². The molecule has 0 bridgehead atoms. The number of ether oxygens (including phenoxy) is 1. The standard InChI is InChI=1S/C14H24N2O4S/c1-10-13(9-15-12-5-6-12)14(11(2)20-10)21(17,18)16(3)7-8-19-4/h12,15H,5-9H2,1-4H3. The molecule has 0 aromatic carbocycles. The highest BCUT2D eigenvalue weighted by Crippen LogP contribution is 2.29. The molecular formula is C14H24N2O4S. The van der Waals surface area contributed by atoms with Crippen LogP contribution in [0.2, 0.25) is 0 Å². The third-order valence-corrected chi connectivity index (χ3v) is 5.80. The third-order valence-electron chi connectivity index (χ3n) is 3.75. The van der Waals surface area contributed by atoms with E-state index in [4.69, 9.17) is 9.15 Å². The summed E-state index contributed by atoms with van der Waals surface area (Å²) in [4.78, 5) is 0.298. The quantitative estimate of drug-likeness (QED) is 0.785. The Hall–Kier alpha value is -0.890. The van der Waals surface area contributed by atoms with E-state index in [2.05, 4.69) is 5.32 Å². The number of likely N-dealkylation sites (N-methyl/N-ethyl adjacent to an activating group) is 1. The molecule has 1 N–H and O–H groups in total. The minimum Gasteiger partial charge on any atom is -0.465 e. The van der Waals surface area contributed by atoms with Gasteiger partial charge in [0.25, 0.3) is 0 Å². The molecule has 1 fully saturated rings. The lowest BCUT2D eigenvalue weighted by Crippen LogP contribution is -2.31. The highest BCUT2D eigenvalue weighted by molar-refractivity contribution is 7.89. The summed E-state index contributed by atoms with van der Waals surface area (Å²) in [6.07, 6.45) is 2.32. The third kappa shape index (κ3) is 3.66. The molecular weight excluding hydrogens is 292 g/mol. The van der Waals surface area contributed by atoms with E-state index in [1.54, 1.807) is 21.1 Å². The van der Waals surface area contributed by atoms with Crippen molar-refractivity contribution >= 4 is 10.0 Å². The molecule has 1 aromatic heterocycles. The number of sulfonamides is 1. The van der Waals surface area contributed by atoms with Crippen LogP contribution in [0.1, 0.15) is 29.9 Å². The number of nitrogens with one attached hydrogen (secondary N) is 1. The van der Waals surface area contributed by atoms with Crippen LogP contribution in [0.3, 0.4) is 0 Å². The molecule has 1 heterocycles. The fraction of sp³-hybridized carbons (Fsp3) is 0.714. The second kappa shape index (κ2) is 6.48. The predicted molar refractivity (Wildman–Crippen MR) is 79.7 cm³/mol. The molecule has 6 nitrogen and oxygen atoms in total. The second-order valence-corrected chi connectivity index (χ2v) is 7.48. The maximum absolute atomic E-state index is 12.7. The maximum atomic E-state index is 12.7. The van der Waals surface area contributed by atoms with Crippen molar-refractivity contribution in [3.8, 4) is 0 Å². The maximum Gasteiger partial charge on any atom is 0.246 e. The van der Waals surface area contributed by atoms with Crippen molar-refractivity contribution in [2.24, 2.45) is 0 Å². The zero-order valence-electron chi connectivity index (χ0n) is 13.1. The van der Waals surface area contributed by atoms with Crippen LogP contribution in [0.15, 0.2) is 9.31 Å². The van der Waals surface area contributed by atoms with Crippen molar-refractivity contribution < 1.29 is 17.6 Å². The Morgan fingerprint density at radius 2 is 2.00 bits per heavy atom. The van der Waals surface area contributed by atoms with Gasteiger partial charge in [0.15, 0.2) is 0 Å². The molecule has 0 aliphatic heterocycles. The van der Waals surface area contributed by atoms with Crippen LogP contribution in [0.5, 0.6) is 0 Å². The van der Waals surface area contributed by atoms with Gasteiger partial charge in [0, 0.05) is 38.9 Å². The first kappa shape index (κ1) is 16.5. The van der Waals surface area contributed by atoms with Gasteiger partial charge >= 0.3 is 0 Å². The summed E-state index contributed by atoms with van der Waals surface area (Å²) in [5.41, 5.74) is 0.740. The lowest BCUT2D eigenvalue weighted by Gasteiger charge is -2.17. The molecule has 0 radical (unpaired) electrons. The topological polar surface area (TPSA) is 71.8 Å². The number of hydrogen-bond acceptors (Lipinski definition) is 5.